The molecule has 1 amide bonds. The van der Waals surface area contributed by atoms with Crippen molar-refractivity contribution < 1.29 is 13.6 Å². The van der Waals surface area contributed by atoms with Gasteiger partial charge in [0, 0.05) is 25.3 Å². The van der Waals surface area contributed by atoms with Crippen LogP contribution in [0.15, 0.2) is 0 Å². The summed E-state index contributed by atoms with van der Waals surface area (Å²) in [6.07, 6.45) is -0.723. The van der Waals surface area contributed by atoms with Crippen molar-refractivity contribution in [2.24, 2.45) is 11.8 Å². The molecule has 78 valence electrons. The zero-order valence-corrected chi connectivity index (χ0v) is 7.89. The van der Waals surface area contributed by atoms with Crippen LogP contribution < -0.4 is 5.32 Å². The molecule has 1 aliphatic rings. The quantitative estimate of drug-likeness (QED) is 0.750. The van der Waals surface area contributed by atoms with E-state index in [1.54, 1.807) is 6.92 Å². The fourth-order valence-corrected chi connectivity index (χ4v) is 1.29. The van der Waals surface area contributed by atoms with Crippen molar-refractivity contribution in [1.82, 2.24) is 5.32 Å². The highest BCUT2D eigenvalue weighted by Crippen LogP contribution is 2.42. The molecule has 1 fully saturated rings. The summed E-state index contributed by atoms with van der Waals surface area (Å²) in [6, 6.07) is 1.95. The van der Waals surface area contributed by atoms with E-state index in [1.807, 2.05) is 6.07 Å². The van der Waals surface area contributed by atoms with E-state index in [1.165, 1.54) is 0 Å². The fourth-order valence-electron chi connectivity index (χ4n) is 1.29. The minimum absolute atomic E-state index is 0.234. The van der Waals surface area contributed by atoms with Crippen molar-refractivity contribution in [2.45, 2.75) is 25.7 Å². The molecule has 0 radical (unpaired) electrons. The second-order valence-electron chi connectivity index (χ2n) is 3.74. The smallest absolute Gasteiger partial charge is 0.249 e. The molecule has 1 aliphatic carbocycles. The van der Waals surface area contributed by atoms with E-state index in [9.17, 15) is 13.6 Å². The van der Waals surface area contributed by atoms with E-state index >= 15 is 0 Å². The van der Waals surface area contributed by atoms with Crippen LogP contribution in [0.5, 0.6) is 0 Å². The van der Waals surface area contributed by atoms with Crippen LogP contribution in [0.1, 0.15) is 19.8 Å². The largest absolute Gasteiger partial charge is 0.355 e. The Kier molecular flexibility index (Phi) is 3.04. The van der Waals surface area contributed by atoms with Gasteiger partial charge in [-0.05, 0) is 6.92 Å². The van der Waals surface area contributed by atoms with Gasteiger partial charge in [-0.1, -0.05) is 0 Å². The summed E-state index contributed by atoms with van der Waals surface area (Å²) in [5, 5.41) is 10.9. The summed E-state index contributed by atoms with van der Waals surface area (Å²) >= 11 is 0. The van der Waals surface area contributed by atoms with Gasteiger partial charge in [-0.3, -0.25) is 4.79 Å². The van der Waals surface area contributed by atoms with Gasteiger partial charge >= 0.3 is 0 Å². The third-order valence-corrected chi connectivity index (χ3v) is 2.26. The van der Waals surface area contributed by atoms with Gasteiger partial charge in [-0.25, -0.2) is 8.78 Å². The second kappa shape index (κ2) is 3.91. The van der Waals surface area contributed by atoms with E-state index in [-0.39, 0.29) is 31.2 Å². The molecule has 0 aromatic heterocycles. The maximum absolute atomic E-state index is 12.4. The zero-order valence-electron chi connectivity index (χ0n) is 7.89. The lowest BCUT2D eigenvalue weighted by Crippen LogP contribution is -2.45. The number of halogens is 2. The number of carbonyl (C=O) groups excluding carboxylic acids is 1. The Morgan fingerprint density at radius 2 is 2.29 bits per heavy atom. The summed E-state index contributed by atoms with van der Waals surface area (Å²) in [5.41, 5.74) is 0. The topological polar surface area (TPSA) is 52.9 Å². The van der Waals surface area contributed by atoms with Gasteiger partial charge < -0.3 is 5.32 Å². The number of hydrogen-bond acceptors (Lipinski definition) is 2. The Bertz CT molecular complexity index is 264. The lowest BCUT2D eigenvalue weighted by Gasteiger charge is -2.33. The summed E-state index contributed by atoms with van der Waals surface area (Å²) < 4.78 is 24.8. The van der Waals surface area contributed by atoms with Crippen LogP contribution in [0, 0.1) is 23.2 Å². The molecule has 0 aromatic rings. The van der Waals surface area contributed by atoms with E-state index in [0.717, 1.165) is 0 Å². The van der Waals surface area contributed by atoms with E-state index < -0.39 is 11.8 Å². The Labute approximate surface area is 81.1 Å². The van der Waals surface area contributed by atoms with Gasteiger partial charge in [0.15, 0.2) is 0 Å². The van der Waals surface area contributed by atoms with Crippen molar-refractivity contribution in [1.29, 1.82) is 5.26 Å². The van der Waals surface area contributed by atoms with Crippen molar-refractivity contribution in [3.63, 3.8) is 0 Å². The minimum Gasteiger partial charge on any atom is -0.355 e. The number of hydrogen-bond donors (Lipinski definition) is 1. The number of nitrogens with one attached hydrogen (secondary N) is 1. The maximum atomic E-state index is 12.4. The fraction of sp³-hybridized carbons (Fsp3) is 0.778. The average Bonchev–Trinajstić information content (AvgIpc) is 2.09. The third kappa shape index (κ3) is 2.66. The summed E-state index contributed by atoms with van der Waals surface area (Å²) in [4.78, 5) is 11.2. The number of nitriles is 1. The maximum Gasteiger partial charge on any atom is 0.249 e. The number of amides is 1. The highest BCUT2D eigenvalue weighted by atomic mass is 19.3. The molecule has 0 aliphatic heterocycles. The molecule has 1 atom stereocenters. The van der Waals surface area contributed by atoms with Crippen molar-refractivity contribution in [3.05, 3.63) is 0 Å². The molecule has 5 heteroatoms. The molecule has 3 nitrogen and oxygen atoms in total. The number of alkyl halides is 2. The standard InChI is InChI=1S/C9H12F2N2O/c1-6(4-12)5-13-8(14)7-2-9(10,11)3-7/h6-7H,2-3,5H2,1H3,(H,13,14). The highest BCUT2D eigenvalue weighted by Gasteiger charge is 2.48. The summed E-state index contributed by atoms with van der Waals surface area (Å²) in [5.74, 6) is -3.88. The number of rotatable bonds is 3. The molecule has 1 unspecified atom stereocenters. The minimum atomic E-state index is -2.66. The zero-order chi connectivity index (χ0) is 10.8. The molecule has 0 spiro atoms. The first-order chi connectivity index (χ1) is 6.44. The van der Waals surface area contributed by atoms with Crippen LogP contribution in [0.3, 0.4) is 0 Å². The highest BCUT2D eigenvalue weighted by molar-refractivity contribution is 5.79. The lowest BCUT2D eigenvalue weighted by atomic mass is 9.81. The number of carbonyl (C=O) groups is 1. The molecule has 1 saturated carbocycles. The molecule has 14 heavy (non-hydrogen) atoms. The van der Waals surface area contributed by atoms with Crippen LogP contribution in [-0.4, -0.2) is 18.4 Å². The molecule has 1 N–H and O–H groups in total. The van der Waals surface area contributed by atoms with E-state index in [4.69, 9.17) is 5.26 Å². The van der Waals surface area contributed by atoms with Gasteiger partial charge in [0.2, 0.25) is 11.8 Å². The molecular weight excluding hydrogens is 190 g/mol. The summed E-state index contributed by atoms with van der Waals surface area (Å²) in [7, 11) is 0. The van der Waals surface area contributed by atoms with Crippen LogP contribution in [0.2, 0.25) is 0 Å². The van der Waals surface area contributed by atoms with Gasteiger partial charge in [0.25, 0.3) is 0 Å². The Morgan fingerprint density at radius 3 is 2.71 bits per heavy atom. The van der Waals surface area contributed by atoms with Crippen molar-refractivity contribution in [3.8, 4) is 6.07 Å². The normalized spacial score (nSPS) is 21.9. The average molecular weight is 202 g/mol. The first-order valence-electron chi connectivity index (χ1n) is 4.50. The van der Waals surface area contributed by atoms with E-state index in [0.29, 0.717) is 0 Å². The van der Waals surface area contributed by atoms with Gasteiger partial charge in [-0.15, -0.1) is 0 Å². The third-order valence-electron chi connectivity index (χ3n) is 2.26. The van der Waals surface area contributed by atoms with Crippen LogP contribution in [0.25, 0.3) is 0 Å². The predicted molar refractivity (Wildman–Crippen MR) is 45.5 cm³/mol. The number of nitrogens with zero attached hydrogens (tertiary/aromatic N) is 1. The Balaban J connectivity index is 2.22. The lowest BCUT2D eigenvalue weighted by molar-refractivity contribution is -0.150. The van der Waals surface area contributed by atoms with Gasteiger partial charge in [-0.2, -0.15) is 5.26 Å². The first kappa shape index (κ1) is 10.9. The molecule has 0 bridgehead atoms. The molecular formula is C9H12F2N2O. The molecule has 0 aromatic carbocycles. The molecule has 0 saturated heterocycles. The second-order valence-corrected chi connectivity index (χ2v) is 3.74. The SMILES string of the molecule is CC(C#N)CNC(=O)C1CC(F)(F)C1. The monoisotopic (exact) mass is 202 g/mol. The Hall–Kier alpha value is -1.18. The first-order valence-corrected chi connectivity index (χ1v) is 4.50. The summed E-state index contributed by atoms with van der Waals surface area (Å²) in [6.45, 7) is 1.90. The van der Waals surface area contributed by atoms with Crippen LogP contribution in [-0.2, 0) is 4.79 Å². The van der Waals surface area contributed by atoms with E-state index in [2.05, 4.69) is 5.32 Å². The van der Waals surface area contributed by atoms with Gasteiger partial charge in [0.05, 0.1) is 12.0 Å². The molecule has 1 rings (SSSR count). The van der Waals surface area contributed by atoms with Crippen molar-refractivity contribution in [2.75, 3.05) is 6.54 Å². The Morgan fingerprint density at radius 1 is 1.71 bits per heavy atom. The van der Waals surface area contributed by atoms with Gasteiger partial charge in [0.1, 0.15) is 0 Å². The van der Waals surface area contributed by atoms with Crippen LogP contribution in [0.4, 0.5) is 8.78 Å². The predicted octanol–water partition coefficient (Wildman–Crippen LogP) is 1.31. The van der Waals surface area contributed by atoms with Crippen molar-refractivity contribution >= 4 is 5.91 Å². The van der Waals surface area contributed by atoms with Crippen LogP contribution >= 0.6 is 0 Å². The molecule has 0 heterocycles.